The zero-order chi connectivity index (χ0) is 28.5. The Morgan fingerprint density at radius 2 is 2.07 bits per heavy atom. The molecule has 1 amide bonds. The molecule has 1 atom stereocenters. The van der Waals surface area contributed by atoms with Crippen molar-refractivity contribution in [2.45, 2.75) is 25.8 Å². The van der Waals surface area contributed by atoms with Gasteiger partial charge in [-0.15, -0.1) is 5.10 Å². The first kappa shape index (κ1) is 26.0. The summed E-state index contributed by atoms with van der Waals surface area (Å²) in [6.07, 6.45) is 5.97. The van der Waals surface area contributed by atoms with E-state index in [9.17, 15) is 4.79 Å². The van der Waals surface area contributed by atoms with Crippen LogP contribution in [0, 0.1) is 12.7 Å². The number of nitrogens with one attached hydrogen (secondary N) is 2. The van der Waals surface area contributed by atoms with Gasteiger partial charge in [0, 0.05) is 37.8 Å². The lowest BCUT2D eigenvalue weighted by atomic mass is 10.1. The van der Waals surface area contributed by atoms with Gasteiger partial charge in [-0.05, 0) is 50.1 Å². The molecule has 0 spiro atoms. The second-order valence-electron chi connectivity index (χ2n) is 9.76. The molecule has 0 aliphatic carbocycles. The number of amides is 1. The van der Waals surface area contributed by atoms with Crippen LogP contribution >= 0.6 is 0 Å². The maximum atomic E-state index is 15.6. The van der Waals surface area contributed by atoms with Gasteiger partial charge < -0.3 is 20.3 Å². The molecule has 208 valence electrons. The normalized spacial score (nSPS) is 15.2. The molecule has 0 saturated carbocycles. The van der Waals surface area contributed by atoms with Gasteiger partial charge in [0.2, 0.25) is 11.9 Å². The standard InChI is InChI=1S/C28H27FN10O2/c1-4-24(40)33-17-6-5-11-39(14-17)28-30-13-21-26(35-28)27(32-15-31-21)34-19-8-10-23(16(2)25(19)29)41-18-7-9-22-20(12-18)36-37-38(22)3/h4,7-10,12-13,15,17H,1,5-6,11,14H2,2-3H3,(H,33,40)(H,31,32,34). The number of nitrogens with zero attached hydrogens (tertiary/aromatic N) is 8. The SMILES string of the molecule is C=CC(=O)NC1CCCN(c2ncc3ncnc(Nc4ccc(Oc5ccc6c(c5)nnn6C)c(C)c4F)c3n2)C1. The summed E-state index contributed by atoms with van der Waals surface area (Å²) in [5.41, 5.74) is 3.04. The van der Waals surface area contributed by atoms with Crippen molar-refractivity contribution in [3.05, 3.63) is 66.9 Å². The van der Waals surface area contributed by atoms with Crippen LogP contribution in [0.3, 0.4) is 0 Å². The number of aromatic nitrogens is 7. The monoisotopic (exact) mass is 554 g/mol. The smallest absolute Gasteiger partial charge is 0.243 e. The minimum Gasteiger partial charge on any atom is -0.457 e. The van der Waals surface area contributed by atoms with E-state index in [-0.39, 0.29) is 17.6 Å². The molecule has 1 saturated heterocycles. The van der Waals surface area contributed by atoms with Crippen molar-refractivity contribution in [1.29, 1.82) is 0 Å². The molecular formula is C28H27FN10O2. The van der Waals surface area contributed by atoms with Crippen LogP contribution in [0.5, 0.6) is 11.5 Å². The summed E-state index contributed by atoms with van der Waals surface area (Å²) < 4.78 is 23.2. The molecule has 41 heavy (non-hydrogen) atoms. The molecule has 5 aromatic rings. The number of anilines is 3. The first-order valence-electron chi connectivity index (χ1n) is 13.1. The minimum absolute atomic E-state index is 0.0430. The van der Waals surface area contributed by atoms with Gasteiger partial charge in [-0.1, -0.05) is 11.8 Å². The van der Waals surface area contributed by atoms with Crippen LogP contribution in [0.4, 0.5) is 21.8 Å². The number of hydrogen-bond donors (Lipinski definition) is 2. The molecule has 13 heteroatoms. The molecule has 0 radical (unpaired) electrons. The number of ether oxygens (including phenoxy) is 1. The van der Waals surface area contributed by atoms with E-state index in [1.807, 2.05) is 18.0 Å². The Bertz CT molecular complexity index is 1790. The fourth-order valence-electron chi connectivity index (χ4n) is 4.84. The van der Waals surface area contributed by atoms with Crippen molar-refractivity contribution in [2.75, 3.05) is 23.3 Å². The topological polar surface area (TPSA) is 136 Å². The highest BCUT2D eigenvalue weighted by molar-refractivity contribution is 5.88. The van der Waals surface area contributed by atoms with E-state index in [0.29, 0.717) is 51.9 Å². The number of benzene rings is 2. The lowest BCUT2D eigenvalue weighted by molar-refractivity contribution is -0.117. The largest absolute Gasteiger partial charge is 0.457 e. The average Bonchev–Trinajstić information content (AvgIpc) is 3.36. The van der Waals surface area contributed by atoms with Crippen LogP contribution in [-0.2, 0) is 11.8 Å². The van der Waals surface area contributed by atoms with Crippen LogP contribution in [0.2, 0.25) is 0 Å². The van der Waals surface area contributed by atoms with Crippen LogP contribution in [0.15, 0.2) is 55.5 Å². The summed E-state index contributed by atoms with van der Waals surface area (Å²) in [5.74, 6) is 1.02. The van der Waals surface area contributed by atoms with Gasteiger partial charge in [-0.2, -0.15) is 0 Å². The molecule has 1 unspecified atom stereocenters. The van der Waals surface area contributed by atoms with Crippen LogP contribution in [0.25, 0.3) is 22.1 Å². The number of carbonyl (C=O) groups is 1. The number of hydrogen-bond acceptors (Lipinski definition) is 10. The average molecular weight is 555 g/mol. The maximum Gasteiger partial charge on any atom is 0.243 e. The van der Waals surface area contributed by atoms with E-state index >= 15 is 4.39 Å². The third kappa shape index (κ3) is 5.21. The Balaban J connectivity index is 1.24. The number of fused-ring (bicyclic) bond motifs is 2. The third-order valence-corrected chi connectivity index (χ3v) is 7.00. The zero-order valence-corrected chi connectivity index (χ0v) is 22.5. The van der Waals surface area contributed by atoms with E-state index in [2.05, 4.69) is 42.5 Å². The number of aryl methyl sites for hydroxylation is 1. The van der Waals surface area contributed by atoms with Crippen LogP contribution < -0.4 is 20.3 Å². The second-order valence-corrected chi connectivity index (χ2v) is 9.76. The molecule has 0 bridgehead atoms. The quantitative estimate of drug-likeness (QED) is 0.285. The zero-order valence-electron chi connectivity index (χ0n) is 22.5. The highest BCUT2D eigenvalue weighted by Crippen LogP contribution is 2.33. The van der Waals surface area contributed by atoms with Crippen molar-refractivity contribution < 1.29 is 13.9 Å². The lowest BCUT2D eigenvalue weighted by Gasteiger charge is -2.33. The summed E-state index contributed by atoms with van der Waals surface area (Å²) in [4.78, 5) is 31.6. The summed E-state index contributed by atoms with van der Waals surface area (Å²) in [6.45, 7) is 6.46. The van der Waals surface area contributed by atoms with Crippen molar-refractivity contribution >= 4 is 45.4 Å². The molecule has 1 fully saturated rings. The van der Waals surface area contributed by atoms with Crippen molar-refractivity contribution in [3.63, 3.8) is 0 Å². The Kier molecular flexibility index (Phi) is 6.83. The van der Waals surface area contributed by atoms with Gasteiger partial charge in [0.1, 0.15) is 34.4 Å². The second kappa shape index (κ2) is 10.8. The predicted molar refractivity (Wildman–Crippen MR) is 152 cm³/mol. The van der Waals surface area contributed by atoms with Gasteiger partial charge in [0.15, 0.2) is 11.6 Å². The fraction of sp³-hybridized carbons (Fsp3) is 0.250. The van der Waals surface area contributed by atoms with Gasteiger partial charge in [-0.25, -0.2) is 29.0 Å². The van der Waals surface area contributed by atoms with Crippen LogP contribution in [-0.4, -0.2) is 60.0 Å². The summed E-state index contributed by atoms with van der Waals surface area (Å²) >= 11 is 0. The molecule has 4 heterocycles. The molecular weight excluding hydrogens is 527 g/mol. The number of piperidine rings is 1. The van der Waals surface area contributed by atoms with E-state index in [0.717, 1.165) is 24.9 Å². The van der Waals surface area contributed by atoms with Gasteiger partial charge in [-0.3, -0.25) is 4.79 Å². The molecule has 1 aliphatic rings. The summed E-state index contributed by atoms with van der Waals surface area (Å²) in [7, 11) is 1.81. The number of halogens is 1. The van der Waals surface area contributed by atoms with Crippen molar-refractivity contribution in [2.24, 2.45) is 7.05 Å². The lowest BCUT2D eigenvalue weighted by Crippen LogP contribution is -2.47. The van der Waals surface area contributed by atoms with Gasteiger partial charge >= 0.3 is 0 Å². The Morgan fingerprint density at radius 3 is 2.93 bits per heavy atom. The maximum absolute atomic E-state index is 15.6. The first-order valence-corrected chi connectivity index (χ1v) is 13.1. The van der Waals surface area contributed by atoms with Crippen LogP contribution in [0.1, 0.15) is 18.4 Å². The molecule has 1 aliphatic heterocycles. The molecule has 6 rings (SSSR count). The first-order chi connectivity index (χ1) is 19.9. The van der Waals surface area contributed by atoms with Gasteiger partial charge in [0.25, 0.3) is 0 Å². The molecule has 12 nitrogen and oxygen atoms in total. The number of carbonyl (C=O) groups excluding carboxylic acids is 1. The van der Waals surface area contributed by atoms with E-state index < -0.39 is 5.82 Å². The predicted octanol–water partition coefficient (Wildman–Crippen LogP) is 3.96. The Morgan fingerprint density at radius 1 is 1.20 bits per heavy atom. The highest BCUT2D eigenvalue weighted by Gasteiger charge is 2.23. The molecule has 2 aromatic carbocycles. The van der Waals surface area contributed by atoms with Crippen molar-refractivity contribution in [3.8, 4) is 11.5 Å². The highest BCUT2D eigenvalue weighted by atomic mass is 19.1. The number of rotatable bonds is 7. The molecule has 3 aromatic heterocycles. The third-order valence-electron chi connectivity index (χ3n) is 7.00. The van der Waals surface area contributed by atoms with Gasteiger partial charge in [0.05, 0.1) is 17.4 Å². The van der Waals surface area contributed by atoms with E-state index in [4.69, 9.17) is 9.72 Å². The Hall–Kier alpha value is -5.20. The summed E-state index contributed by atoms with van der Waals surface area (Å²) in [6, 6.07) is 8.64. The summed E-state index contributed by atoms with van der Waals surface area (Å²) in [5, 5.41) is 14.1. The minimum atomic E-state index is -0.485. The fourth-order valence-corrected chi connectivity index (χ4v) is 4.84. The van der Waals surface area contributed by atoms with Crippen molar-refractivity contribution in [1.82, 2.24) is 40.2 Å². The Labute approximate surface area is 234 Å². The van der Waals surface area contributed by atoms with E-state index in [1.54, 1.807) is 42.1 Å². The van der Waals surface area contributed by atoms with E-state index in [1.165, 1.54) is 12.4 Å². The molecule has 2 N–H and O–H groups in total.